The Morgan fingerprint density at radius 3 is 2.81 bits per heavy atom. The van der Waals surface area contributed by atoms with Gasteiger partial charge in [-0.25, -0.2) is 8.78 Å². The molecule has 1 saturated heterocycles. The maximum absolute atomic E-state index is 13.6. The van der Waals surface area contributed by atoms with Crippen molar-refractivity contribution in [1.29, 1.82) is 0 Å². The molecule has 1 aliphatic rings. The number of rotatable bonds is 2. The lowest BCUT2D eigenvalue weighted by molar-refractivity contribution is -0.117. The van der Waals surface area contributed by atoms with Crippen molar-refractivity contribution >= 4 is 11.6 Å². The number of carbonyl (C=O) groups excluding carboxylic acids is 1. The van der Waals surface area contributed by atoms with E-state index in [-0.39, 0.29) is 17.6 Å². The monoisotopic (exact) mass is 225 g/mol. The number of hydrogen-bond donors (Lipinski definition) is 0. The van der Waals surface area contributed by atoms with Gasteiger partial charge in [-0.05, 0) is 25.0 Å². The van der Waals surface area contributed by atoms with Gasteiger partial charge in [0.05, 0.1) is 5.69 Å². The molecule has 2 nitrogen and oxygen atoms in total. The first-order chi connectivity index (χ1) is 7.63. The molecule has 1 heterocycles. The van der Waals surface area contributed by atoms with Gasteiger partial charge in [0, 0.05) is 18.5 Å². The number of benzene rings is 1. The van der Waals surface area contributed by atoms with E-state index in [4.69, 9.17) is 0 Å². The average Bonchev–Trinajstić information content (AvgIpc) is 2.60. The van der Waals surface area contributed by atoms with Crippen LogP contribution in [0.25, 0.3) is 0 Å². The van der Waals surface area contributed by atoms with Crippen molar-refractivity contribution in [2.75, 3.05) is 4.90 Å². The van der Waals surface area contributed by atoms with Gasteiger partial charge >= 0.3 is 0 Å². The number of carbonyl (C=O) groups is 1. The first kappa shape index (κ1) is 11.0. The van der Waals surface area contributed by atoms with E-state index in [0.717, 1.165) is 18.9 Å². The molecular weight excluding hydrogens is 212 g/mol. The highest BCUT2D eigenvalue weighted by Crippen LogP contribution is 2.30. The summed E-state index contributed by atoms with van der Waals surface area (Å²) in [7, 11) is 0. The second-order valence-electron chi connectivity index (χ2n) is 3.96. The van der Waals surface area contributed by atoms with Crippen LogP contribution in [0.3, 0.4) is 0 Å². The molecule has 2 rings (SSSR count). The van der Waals surface area contributed by atoms with Crippen molar-refractivity contribution in [2.45, 2.75) is 32.2 Å². The van der Waals surface area contributed by atoms with Gasteiger partial charge in [-0.15, -0.1) is 0 Å². The molecule has 0 radical (unpaired) electrons. The minimum atomic E-state index is -0.672. The number of nitrogens with zero attached hydrogens (tertiary/aromatic N) is 1. The largest absolute Gasteiger partial charge is 0.307 e. The highest BCUT2D eigenvalue weighted by Gasteiger charge is 2.32. The van der Waals surface area contributed by atoms with Gasteiger partial charge in [-0.1, -0.05) is 6.92 Å². The highest BCUT2D eigenvalue weighted by molar-refractivity contribution is 5.96. The Hall–Kier alpha value is -1.45. The lowest BCUT2D eigenvalue weighted by Crippen LogP contribution is -2.33. The molecule has 1 atom stereocenters. The molecular formula is C12H13F2NO. The average molecular weight is 225 g/mol. The van der Waals surface area contributed by atoms with Crippen LogP contribution in [-0.2, 0) is 4.79 Å². The van der Waals surface area contributed by atoms with Crippen LogP contribution in [0.4, 0.5) is 14.5 Å². The Morgan fingerprint density at radius 2 is 2.19 bits per heavy atom. The van der Waals surface area contributed by atoms with E-state index in [1.807, 2.05) is 6.92 Å². The maximum atomic E-state index is 13.6. The van der Waals surface area contributed by atoms with Gasteiger partial charge in [-0.3, -0.25) is 4.79 Å². The van der Waals surface area contributed by atoms with Gasteiger partial charge in [0.25, 0.3) is 0 Å². The fourth-order valence-corrected chi connectivity index (χ4v) is 2.14. The number of amides is 1. The molecule has 4 heteroatoms. The molecule has 0 aliphatic carbocycles. The van der Waals surface area contributed by atoms with Crippen LogP contribution in [0.1, 0.15) is 26.2 Å². The van der Waals surface area contributed by atoms with Crippen LogP contribution in [0, 0.1) is 11.6 Å². The molecule has 0 aromatic heterocycles. The quantitative estimate of drug-likeness (QED) is 0.757. The molecule has 86 valence electrons. The van der Waals surface area contributed by atoms with Gasteiger partial charge in [0.15, 0.2) is 0 Å². The molecule has 0 saturated carbocycles. The van der Waals surface area contributed by atoms with Crippen molar-refractivity contribution in [3.05, 3.63) is 29.8 Å². The molecule has 1 aliphatic heterocycles. The summed E-state index contributed by atoms with van der Waals surface area (Å²) in [6.45, 7) is 1.96. The van der Waals surface area contributed by atoms with E-state index in [9.17, 15) is 13.6 Å². The third kappa shape index (κ3) is 1.79. The van der Waals surface area contributed by atoms with Crippen LogP contribution in [0.5, 0.6) is 0 Å². The van der Waals surface area contributed by atoms with E-state index >= 15 is 0 Å². The van der Waals surface area contributed by atoms with E-state index < -0.39 is 11.6 Å². The van der Waals surface area contributed by atoms with Crippen LogP contribution >= 0.6 is 0 Å². The predicted octanol–water partition coefficient (Wildman–Crippen LogP) is 2.87. The first-order valence-electron chi connectivity index (χ1n) is 5.40. The molecule has 0 bridgehead atoms. The van der Waals surface area contributed by atoms with Crippen LogP contribution < -0.4 is 4.90 Å². The second-order valence-corrected chi connectivity index (χ2v) is 3.96. The van der Waals surface area contributed by atoms with E-state index in [2.05, 4.69) is 0 Å². The van der Waals surface area contributed by atoms with Crippen molar-refractivity contribution < 1.29 is 13.6 Å². The molecule has 1 fully saturated rings. The molecule has 0 N–H and O–H groups in total. The van der Waals surface area contributed by atoms with Crippen molar-refractivity contribution in [3.63, 3.8) is 0 Å². The van der Waals surface area contributed by atoms with Gasteiger partial charge in [0.1, 0.15) is 11.6 Å². The Labute approximate surface area is 92.9 Å². The summed E-state index contributed by atoms with van der Waals surface area (Å²) in [5, 5.41) is 0. The first-order valence-corrected chi connectivity index (χ1v) is 5.40. The fraction of sp³-hybridized carbons (Fsp3) is 0.417. The van der Waals surface area contributed by atoms with Gasteiger partial charge in [-0.2, -0.15) is 0 Å². The lowest BCUT2D eigenvalue weighted by Gasteiger charge is -2.24. The minimum Gasteiger partial charge on any atom is -0.307 e. The summed E-state index contributed by atoms with van der Waals surface area (Å²) in [6, 6.07) is 3.36. The maximum Gasteiger partial charge on any atom is 0.227 e. The van der Waals surface area contributed by atoms with E-state index in [1.54, 1.807) is 0 Å². The van der Waals surface area contributed by atoms with Crippen LogP contribution in [0.15, 0.2) is 18.2 Å². The molecule has 1 aromatic carbocycles. The van der Waals surface area contributed by atoms with Crippen molar-refractivity contribution in [2.24, 2.45) is 0 Å². The molecule has 16 heavy (non-hydrogen) atoms. The summed E-state index contributed by atoms with van der Waals surface area (Å²) in [5.74, 6) is -1.38. The summed E-state index contributed by atoms with van der Waals surface area (Å²) in [4.78, 5) is 13.1. The summed E-state index contributed by atoms with van der Waals surface area (Å²) in [6.07, 6.45) is 1.96. The zero-order valence-corrected chi connectivity index (χ0v) is 9.04. The summed E-state index contributed by atoms with van der Waals surface area (Å²) in [5.41, 5.74) is 0.191. The number of anilines is 1. The SMILES string of the molecule is CCC1CCC(=O)N1c1ccc(F)cc1F. The zero-order valence-electron chi connectivity index (χ0n) is 9.04. The third-order valence-electron chi connectivity index (χ3n) is 2.97. The van der Waals surface area contributed by atoms with Gasteiger partial charge in [0.2, 0.25) is 5.91 Å². The van der Waals surface area contributed by atoms with Crippen molar-refractivity contribution in [1.82, 2.24) is 0 Å². The Bertz CT molecular complexity index is 419. The van der Waals surface area contributed by atoms with Gasteiger partial charge < -0.3 is 4.90 Å². The number of hydrogen-bond acceptors (Lipinski definition) is 1. The third-order valence-corrected chi connectivity index (χ3v) is 2.97. The smallest absolute Gasteiger partial charge is 0.227 e. The zero-order chi connectivity index (χ0) is 11.7. The predicted molar refractivity (Wildman–Crippen MR) is 57.2 cm³/mol. The van der Waals surface area contributed by atoms with Crippen LogP contribution in [-0.4, -0.2) is 11.9 Å². The Morgan fingerprint density at radius 1 is 1.44 bits per heavy atom. The van der Waals surface area contributed by atoms with E-state index in [0.29, 0.717) is 6.42 Å². The summed E-state index contributed by atoms with van der Waals surface area (Å²) >= 11 is 0. The molecule has 1 aromatic rings. The molecule has 1 unspecified atom stereocenters. The standard InChI is InChI=1S/C12H13F2NO/c1-2-9-4-6-12(16)15(9)11-5-3-8(13)7-10(11)14/h3,5,7,9H,2,4,6H2,1H3. The molecule has 1 amide bonds. The number of halogens is 2. The highest BCUT2D eigenvalue weighted by atomic mass is 19.1. The van der Waals surface area contributed by atoms with E-state index in [1.165, 1.54) is 17.0 Å². The Balaban J connectivity index is 2.38. The molecule has 0 spiro atoms. The minimum absolute atomic E-state index is 0.0347. The lowest BCUT2D eigenvalue weighted by atomic mass is 10.1. The van der Waals surface area contributed by atoms with Crippen LogP contribution in [0.2, 0.25) is 0 Å². The fourth-order valence-electron chi connectivity index (χ4n) is 2.14. The van der Waals surface area contributed by atoms with Crippen molar-refractivity contribution in [3.8, 4) is 0 Å². The second kappa shape index (κ2) is 4.20. The summed E-state index contributed by atoms with van der Waals surface area (Å²) < 4.78 is 26.3. The normalized spacial score (nSPS) is 20.6. The topological polar surface area (TPSA) is 20.3 Å². The Kier molecular flexibility index (Phi) is 2.90.